The Morgan fingerprint density at radius 3 is 2.82 bits per heavy atom. The van der Waals surface area contributed by atoms with Crippen LogP contribution < -0.4 is 10.1 Å². The monoisotopic (exact) mass is 483 g/mol. The van der Waals surface area contributed by atoms with Crippen molar-refractivity contribution in [3.63, 3.8) is 0 Å². The predicted octanol–water partition coefficient (Wildman–Crippen LogP) is 4.74. The smallest absolute Gasteiger partial charge is 0.340 e. The van der Waals surface area contributed by atoms with E-state index in [9.17, 15) is 9.59 Å². The van der Waals surface area contributed by atoms with Crippen molar-refractivity contribution in [3.05, 3.63) is 62.2 Å². The minimum atomic E-state index is -0.509. The second-order valence-corrected chi connectivity index (χ2v) is 8.21. The Morgan fingerprint density at radius 1 is 1.32 bits per heavy atom. The van der Waals surface area contributed by atoms with E-state index in [0.29, 0.717) is 21.3 Å². The molecule has 0 spiro atoms. The molecule has 0 saturated heterocycles. The van der Waals surface area contributed by atoms with E-state index >= 15 is 0 Å². The van der Waals surface area contributed by atoms with Gasteiger partial charge >= 0.3 is 5.97 Å². The van der Waals surface area contributed by atoms with Gasteiger partial charge in [0.15, 0.2) is 12.4 Å². The standard InChI is InChI=1S/C18H15BrClN3O4S/c1-10-7-12(18(25)26-2)17(28-10)21-16(24)14-5-6-23(22-14)9-27-15-4-3-11(19)8-13(15)20/h3-8H,9H2,1-2H3,(H,21,24). The fraction of sp³-hybridized carbons (Fsp3) is 0.167. The van der Waals surface area contributed by atoms with Crippen LogP contribution in [-0.4, -0.2) is 28.8 Å². The van der Waals surface area contributed by atoms with Crippen LogP contribution >= 0.6 is 38.9 Å². The Morgan fingerprint density at radius 2 is 2.11 bits per heavy atom. The molecule has 146 valence electrons. The molecule has 28 heavy (non-hydrogen) atoms. The summed E-state index contributed by atoms with van der Waals surface area (Å²) in [4.78, 5) is 25.2. The van der Waals surface area contributed by atoms with Gasteiger partial charge in [0, 0.05) is 15.5 Å². The third-order valence-electron chi connectivity index (χ3n) is 3.61. The summed E-state index contributed by atoms with van der Waals surface area (Å²) in [6, 6.07) is 8.49. The number of ether oxygens (including phenoxy) is 2. The summed E-state index contributed by atoms with van der Waals surface area (Å²) >= 11 is 10.7. The Labute approximate surface area is 178 Å². The van der Waals surface area contributed by atoms with Crippen LogP contribution in [0, 0.1) is 6.92 Å². The van der Waals surface area contributed by atoms with Gasteiger partial charge in [-0.05, 0) is 37.3 Å². The van der Waals surface area contributed by atoms with Crippen LogP contribution in [0.5, 0.6) is 5.75 Å². The maximum absolute atomic E-state index is 12.5. The van der Waals surface area contributed by atoms with Crippen molar-refractivity contribution in [2.45, 2.75) is 13.7 Å². The fourth-order valence-corrected chi connectivity index (χ4v) is 3.94. The van der Waals surface area contributed by atoms with Crippen molar-refractivity contribution < 1.29 is 19.1 Å². The van der Waals surface area contributed by atoms with Gasteiger partial charge in [-0.15, -0.1) is 11.3 Å². The average Bonchev–Trinajstić information content (AvgIpc) is 3.27. The van der Waals surface area contributed by atoms with Gasteiger partial charge in [-0.1, -0.05) is 27.5 Å². The molecule has 2 heterocycles. The van der Waals surface area contributed by atoms with Gasteiger partial charge < -0.3 is 14.8 Å². The number of amides is 1. The van der Waals surface area contributed by atoms with Gasteiger partial charge in [0.1, 0.15) is 10.8 Å². The van der Waals surface area contributed by atoms with Crippen LogP contribution in [0.4, 0.5) is 5.00 Å². The number of rotatable bonds is 6. The topological polar surface area (TPSA) is 82.5 Å². The molecular formula is C18H15BrClN3O4S. The number of hydrogen-bond donors (Lipinski definition) is 1. The Kier molecular flexibility index (Phi) is 6.38. The van der Waals surface area contributed by atoms with Gasteiger partial charge in [-0.25, -0.2) is 9.48 Å². The second kappa shape index (κ2) is 8.76. The lowest BCUT2D eigenvalue weighted by molar-refractivity contribution is 0.0602. The predicted molar refractivity (Wildman–Crippen MR) is 110 cm³/mol. The molecule has 0 radical (unpaired) electrons. The first kappa shape index (κ1) is 20.4. The SMILES string of the molecule is COC(=O)c1cc(C)sc1NC(=O)c1ccn(COc2ccc(Br)cc2Cl)n1. The van der Waals surface area contributed by atoms with E-state index in [-0.39, 0.29) is 12.4 Å². The van der Waals surface area contributed by atoms with Crippen LogP contribution in [0.2, 0.25) is 5.02 Å². The summed E-state index contributed by atoms with van der Waals surface area (Å²) in [6.07, 6.45) is 1.61. The van der Waals surface area contributed by atoms with Crippen molar-refractivity contribution >= 4 is 55.7 Å². The van der Waals surface area contributed by atoms with E-state index in [4.69, 9.17) is 21.1 Å². The summed E-state index contributed by atoms with van der Waals surface area (Å²) in [5, 5.41) is 7.77. The number of esters is 1. The zero-order valence-electron chi connectivity index (χ0n) is 14.9. The molecule has 0 bridgehead atoms. The van der Waals surface area contributed by atoms with E-state index in [2.05, 4.69) is 26.3 Å². The highest BCUT2D eigenvalue weighted by atomic mass is 79.9. The number of nitrogens with zero attached hydrogens (tertiary/aromatic N) is 2. The number of halogens is 2. The normalized spacial score (nSPS) is 10.6. The largest absolute Gasteiger partial charge is 0.470 e. The number of carbonyl (C=O) groups is 2. The first-order chi connectivity index (χ1) is 13.4. The molecule has 10 heteroatoms. The Hall–Kier alpha value is -2.36. The number of carbonyl (C=O) groups excluding carboxylic acids is 2. The van der Waals surface area contributed by atoms with Crippen molar-refractivity contribution in [1.29, 1.82) is 0 Å². The highest BCUT2D eigenvalue weighted by Crippen LogP contribution is 2.29. The fourth-order valence-electron chi connectivity index (χ4n) is 2.32. The van der Waals surface area contributed by atoms with Gasteiger partial charge in [0.25, 0.3) is 5.91 Å². The Balaban J connectivity index is 1.67. The minimum absolute atomic E-state index is 0.0835. The average molecular weight is 485 g/mol. The molecule has 0 atom stereocenters. The molecule has 0 aliphatic rings. The minimum Gasteiger partial charge on any atom is -0.470 e. The van der Waals surface area contributed by atoms with E-state index in [1.807, 2.05) is 13.0 Å². The van der Waals surface area contributed by atoms with Gasteiger partial charge in [0.2, 0.25) is 0 Å². The van der Waals surface area contributed by atoms with Crippen molar-refractivity contribution in [2.24, 2.45) is 0 Å². The summed E-state index contributed by atoms with van der Waals surface area (Å²) in [5.41, 5.74) is 0.498. The number of hydrogen-bond acceptors (Lipinski definition) is 6. The van der Waals surface area contributed by atoms with Crippen molar-refractivity contribution in [1.82, 2.24) is 9.78 Å². The van der Waals surface area contributed by atoms with Crippen molar-refractivity contribution in [2.75, 3.05) is 12.4 Å². The van der Waals surface area contributed by atoms with Gasteiger partial charge in [-0.3, -0.25) is 4.79 Å². The molecule has 0 aliphatic heterocycles. The summed E-state index contributed by atoms with van der Waals surface area (Å²) < 4.78 is 12.7. The molecule has 7 nitrogen and oxygen atoms in total. The maximum Gasteiger partial charge on any atom is 0.340 e. The van der Waals surface area contributed by atoms with Crippen molar-refractivity contribution in [3.8, 4) is 5.75 Å². The van der Waals surface area contributed by atoms with Gasteiger partial charge in [-0.2, -0.15) is 5.10 Å². The molecule has 1 aromatic carbocycles. The number of nitrogens with one attached hydrogen (secondary N) is 1. The Bertz CT molecular complexity index is 1030. The van der Waals surface area contributed by atoms with E-state index in [1.165, 1.54) is 23.1 Å². The molecule has 0 unspecified atom stereocenters. The maximum atomic E-state index is 12.5. The molecule has 1 amide bonds. The number of benzene rings is 1. The van der Waals surface area contributed by atoms with Crippen LogP contribution in [0.15, 0.2) is 41.0 Å². The quantitative estimate of drug-likeness (QED) is 0.511. The third-order valence-corrected chi connectivity index (χ3v) is 5.36. The van der Waals surface area contributed by atoms with E-state index in [0.717, 1.165) is 9.35 Å². The first-order valence-electron chi connectivity index (χ1n) is 7.99. The molecule has 0 fully saturated rings. The lowest BCUT2D eigenvalue weighted by Crippen LogP contribution is -2.15. The van der Waals surface area contributed by atoms with Crippen LogP contribution in [0.3, 0.4) is 0 Å². The molecule has 0 aliphatic carbocycles. The zero-order valence-corrected chi connectivity index (χ0v) is 18.0. The molecule has 3 rings (SSSR count). The second-order valence-electron chi connectivity index (χ2n) is 5.63. The highest BCUT2D eigenvalue weighted by molar-refractivity contribution is 9.10. The van der Waals surface area contributed by atoms with E-state index < -0.39 is 11.9 Å². The lowest BCUT2D eigenvalue weighted by atomic mass is 10.3. The molecule has 2 aromatic heterocycles. The first-order valence-corrected chi connectivity index (χ1v) is 9.97. The van der Waals surface area contributed by atoms with Gasteiger partial charge in [0.05, 0.1) is 17.7 Å². The van der Waals surface area contributed by atoms with Crippen LogP contribution in [0.25, 0.3) is 0 Å². The molecule has 3 aromatic rings. The summed E-state index contributed by atoms with van der Waals surface area (Å²) in [5.74, 6) is -0.444. The number of anilines is 1. The molecule has 1 N–H and O–H groups in total. The molecular weight excluding hydrogens is 470 g/mol. The number of aryl methyl sites for hydroxylation is 1. The highest BCUT2D eigenvalue weighted by Gasteiger charge is 2.19. The summed E-state index contributed by atoms with van der Waals surface area (Å²) in [7, 11) is 1.29. The number of methoxy groups -OCH3 is 1. The molecule has 0 saturated carbocycles. The van der Waals surface area contributed by atoms with Crippen LogP contribution in [-0.2, 0) is 11.5 Å². The lowest BCUT2D eigenvalue weighted by Gasteiger charge is -2.08. The number of aromatic nitrogens is 2. The van der Waals surface area contributed by atoms with Crippen LogP contribution in [0.1, 0.15) is 25.7 Å². The number of thiophene rings is 1. The third kappa shape index (κ3) is 4.73. The summed E-state index contributed by atoms with van der Waals surface area (Å²) in [6.45, 7) is 1.92. The van der Waals surface area contributed by atoms with E-state index in [1.54, 1.807) is 30.5 Å². The zero-order chi connectivity index (χ0) is 20.3.